The molecule has 1 aromatic carbocycles. The number of H-pyrrole nitrogens is 1. The number of carboxylic acids is 2. The van der Waals surface area contributed by atoms with Crippen molar-refractivity contribution in [2.24, 2.45) is 0 Å². The first-order chi connectivity index (χ1) is 12.7. The zero-order valence-electron chi connectivity index (χ0n) is 14.8. The van der Waals surface area contributed by atoms with Gasteiger partial charge < -0.3 is 20.5 Å². The molecule has 1 saturated heterocycles. The fourth-order valence-corrected chi connectivity index (χ4v) is 6.27. The van der Waals surface area contributed by atoms with Crippen LogP contribution in [0.3, 0.4) is 0 Å². The number of carbonyl (C=O) groups excluding carboxylic acids is 1. The summed E-state index contributed by atoms with van der Waals surface area (Å²) in [4.78, 5) is 39.0. The number of aromatic amines is 1. The predicted molar refractivity (Wildman–Crippen MR) is 106 cm³/mol. The first-order valence-electron chi connectivity index (χ1n) is 8.34. The molecule has 144 valence electrons. The van der Waals surface area contributed by atoms with Crippen molar-refractivity contribution >= 4 is 52.3 Å². The number of aromatic nitrogens is 1. The number of thioether (sulfide) groups is 2. The first kappa shape index (κ1) is 19.6. The average molecular weight is 409 g/mol. The molecule has 0 saturated carbocycles. The third-order valence-corrected chi connectivity index (χ3v) is 7.66. The molecule has 1 aliphatic rings. The molecule has 27 heavy (non-hydrogen) atoms. The van der Waals surface area contributed by atoms with Gasteiger partial charge in [0.15, 0.2) is 0 Å². The lowest BCUT2D eigenvalue weighted by Crippen LogP contribution is -2.48. The normalized spacial score (nSPS) is 22.4. The van der Waals surface area contributed by atoms with E-state index in [2.05, 4.69) is 10.3 Å². The van der Waals surface area contributed by atoms with E-state index in [0.717, 1.165) is 16.5 Å². The van der Waals surface area contributed by atoms with Crippen LogP contribution >= 0.6 is 23.5 Å². The summed E-state index contributed by atoms with van der Waals surface area (Å²) in [5.74, 6) is -2.78. The third-order valence-electron chi connectivity index (χ3n) is 4.31. The van der Waals surface area contributed by atoms with E-state index in [4.69, 9.17) is 0 Å². The lowest BCUT2D eigenvalue weighted by molar-refractivity contribution is -0.141. The molecule has 3 atom stereocenters. The van der Waals surface area contributed by atoms with Crippen molar-refractivity contribution in [3.8, 4) is 0 Å². The average Bonchev–Trinajstić information content (AvgIpc) is 3.15. The Morgan fingerprint density at radius 3 is 2.52 bits per heavy atom. The molecule has 2 unspecified atom stereocenters. The van der Waals surface area contributed by atoms with Crippen molar-refractivity contribution in [2.45, 2.75) is 40.9 Å². The molecule has 0 bridgehead atoms. The highest BCUT2D eigenvalue weighted by atomic mass is 32.2. The van der Waals surface area contributed by atoms with E-state index >= 15 is 0 Å². The van der Waals surface area contributed by atoms with Crippen molar-refractivity contribution in [2.75, 3.05) is 0 Å². The van der Waals surface area contributed by atoms with Gasteiger partial charge >= 0.3 is 11.9 Å². The van der Waals surface area contributed by atoms with E-state index < -0.39 is 38.5 Å². The highest BCUT2D eigenvalue weighted by molar-refractivity contribution is 8.22. The van der Waals surface area contributed by atoms with Gasteiger partial charge in [-0.3, -0.25) is 9.59 Å². The first-order valence-corrected chi connectivity index (χ1v) is 10.1. The number of benzene rings is 1. The summed E-state index contributed by atoms with van der Waals surface area (Å²) in [6.07, 6.45) is 1.84. The van der Waals surface area contributed by atoms with Crippen LogP contribution in [-0.2, 0) is 20.8 Å². The number of hydrogen-bond donors (Lipinski definition) is 4. The van der Waals surface area contributed by atoms with Crippen LogP contribution in [0.5, 0.6) is 0 Å². The van der Waals surface area contributed by atoms with Crippen LogP contribution in [0.2, 0.25) is 0 Å². The van der Waals surface area contributed by atoms with E-state index in [9.17, 15) is 24.6 Å². The summed E-state index contributed by atoms with van der Waals surface area (Å²) in [6.45, 7) is 3.71. The van der Waals surface area contributed by atoms with Gasteiger partial charge in [0.2, 0.25) is 5.91 Å². The molecule has 7 nitrogen and oxygen atoms in total. The summed E-state index contributed by atoms with van der Waals surface area (Å²) in [5.41, 5.74) is 1.67. The Kier molecular flexibility index (Phi) is 5.43. The molecular weight excluding hydrogens is 388 g/mol. The molecular formula is C18H20N2O5S2. The van der Waals surface area contributed by atoms with Gasteiger partial charge in [0.1, 0.15) is 16.5 Å². The molecule has 1 fully saturated rings. The molecule has 2 heterocycles. The van der Waals surface area contributed by atoms with Crippen LogP contribution in [0.25, 0.3) is 10.9 Å². The van der Waals surface area contributed by atoms with Crippen LogP contribution in [0.15, 0.2) is 30.5 Å². The standard InChI is InChI=1S/C18H20N2O5S2/c1-18(2)26-13(14(27-18)17(24)25)15(21)20-12(16(22)23)7-9-8-19-11-6-4-3-5-10(9)11/h3-6,8,12-14,19H,7H2,1-2H3,(H,20,21)(H,22,23)(H,24,25)/t12-,13?,14?/m0/s1. The Labute approximate surface area is 164 Å². The predicted octanol–water partition coefficient (Wildman–Crippen LogP) is 2.32. The van der Waals surface area contributed by atoms with E-state index in [0.29, 0.717) is 0 Å². The number of rotatable bonds is 6. The minimum absolute atomic E-state index is 0.108. The summed E-state index contributed by atoms with van der Waals surface area (Å²) in [6, 6.07) is 6.37. The number of aliphatic carboxylic acids is 2. The number of fused-ring (bicyclic) bond motifs is 1. The quantitative estimate of drug-likeness (QED) is 0.579. The van der Waals surface area contributed by atoms with Gasteiger partial charge in [-0.2, -0.15) is 0 Å². The van der Waals surface area contributed by atoms with E-state index in [1.807, 2.05) is 38.1 Å². The number of nitrogens with one attached hydrogen (secondary N) is 2. The molecule has 0 aliphatic carbocycles. The van der Waals surface area contributed by atoms with Crippen LogP contribution in [0.4, 0.5) is 0 Å². The van der Waals surface area contributed by atoms with E-state index in [-0.39, 0.29) is 6.42 Å². The second-order valence-corrected chi connectivity index (χ2v) is 10.6. The zero-order valence-corrected chi connectivity index (χ0v) is 16.4. The summed E-state index contributed by atoms with van der Waals surface area (Å²) in [5, 5.41) is 20.6. The molecule has 2 aromatic rings. The number of carbonyl (C=O) groups is 3. The Balaban J connectivity index is 1.77. The fourth-order valence-electron chi connectivity index (χ4n) is 3.11. The van der Waals surface area contributed by atoms with Crippen molar-refractivity contribution in [1.82, 2.24) is 10.3 Å². The van der Waals surface area contributed by atoms with Crippen molar-refractivity contribution < 1.29 is 24.6 Å². The highest BCUT2D eigenvalue weighted by Gasteiger charge is 2.48. The van der Waals surface area contributed by atoms with Gasteiger partial charge in [0.05, 0.1) is 4.08 Å². The molecule has 1 aromatic heterocycles. The van der Waals surface area contributed by atoms with Gasteiger partial charge in [0, 0.05) is 23.5 Å². The van der Waals surface area contributed by atoms with Crippen LogP contribution in [-0.4, -0.2) is 53.7 Å². The monoisotopic (exact) mass is 408 g/mol. The zero-order chi connectivity index (χ0) is 19.8. The van der Waals surface area contributed by atoms with Gasteiger partial charge in [-0.1, -0.05) is 18.2 Å². The smallest absolute Gasteiger partial charge is 0.326 e. The second-order valence-electron chi connectivity index (χ2n) is 6.78. The third kappa shape index (κ3) is 4.24. The maximum atomic E-state index is 12.7. The van der Waals surface area contributed by atoms with Gasteiger partial charge in [-0.05, 0) is 25.5 Å². The van der Waals surface area contributed by atoms with Gasteiger partial charge in [-0.25, -0.2) is 4.79 Å². The highest BCUT2D eigenvalue weighted by Crippen LogP contribution is 2.52. The molecule has 3 rings (SSSR count). The van der Waals surface area contributed by atoms with Crippen LogP contribution in [0.1, 0.15) is 19.4 Å². The minimum Gasteiger partial charge on any atom is -0.480 e. The van der Waals surface area contributed by atoms with Gasteiger partial charge in [0.25, 0.3) is 0 Å². The number of carboxylic acid groups (broad SMARTS) is 2. The van der Waals surface area contributed by atoms with E-state index in [1.54, 1.807) is 6.20 Å². The van der Waals surface area contributed by atoms with Crippen LogP contribution in [0, 0.1) is 0 Å². The van der Waals surface area contributed by atoms with Crippen molar-refractivity contribution in [1.29, 1.82) is 0 Å². The maximum absolute atomic E-state index is 12.7. The minimum atomic E-state index is -1.16. The number of para-hydroxylation sites is 1. The van der Waals surface area contributed by atoms with Gasteiger partial charge in [-0.15, -0.1) is 23.5 Å². The van der Waals surface area contributed by atoms with Crippen LogP contribution < -0.4 is 5.32 Å². The Hall–Kier alpha value is -2.13. The SMILES string of the molecule is CC1(C)SC(C(=O)O)C(C(=O)N[C@@H](Cc2c[nH]c3ccccc23)C(=O)O)S1. The largest absolute Gasteiger partial charge is 0.480 e. The summed E-state index contributed by atoms with van der Waals surface area (Å²) >= 11 is 2.45. The lowest BCUT2D eigenvalue weighted by Gasteiger charge is -2.19. The Bertz CT molecular complexity index is 895. The van der Waals surface area contributed by atoms with E-state index in [1.165, 1.54) is 23.5 Å². The lowest BCUT2D eigenvalue weighted by atomic mass is 10.0. The number of amides is 1. The summed E-state index contributed by atoms with van der Waals surface area (Å²) < 4.78 is -0.430. The molecule has 4 N–H and O–H groups in total. The second kappa shape index (κ2) is 7.47. The Morgan fingerprint density at radius 1 is 1.19 bits per heavy atom. The Morgan fingerprint density at radius 2 is 1.85 bits per heavy atom. The molecule has 1 aliphatic heterocycles. The van der Waals surface area contributed by atoms with Crippen molar-refractivity contribution in [3.63, 3.8) is 0 Å². The number of hydrogen-bond acceptors (Lipinski definition) is 5. The molecule has 0 spiro atoms. The maximum Gasteiger partial charge on any atom is 0.326 e. The molecule has 9 heteroatoms. The molecule has 0 radical (unpaired) electrons. The molecule has 1 amide bonds. The topological polar surface area (TPSA) is 119 Å². The fraction of sp³-hybridized carbons (Fsp3) is 0.389. The van der Waals surface area contributed by atoms with Crippen molar-refractivity contribution in [3.05, 3.63) is 36.0 Å². The summed E-state index contributed by atoms with van der Waals surface area (Å²) in [7, 11) is 0.